The van der Waals surface area contributed by atoms with E-state index < -0.39 is 5.60 Å². The number of anilines is 3. The Kier molecular flexibility index (Phi) is 6.63. The van der Waals surface area contributed by atoms with Crippen LogP contribution in [0.4, 0.5) is 22.0 Å². The molecule has 0 unspecified atom stereocenters. The lowest BCUT2D eigenvalue weighted by Gasteiger charge is -2.36. The number of para-hydroxylation sites is 1. The molecule has 0 aliphatic heterocycles. The number of aromatic nitrogens is 4. The zero-order valence-electron chi connectivity index (χ0n) is 20.4. The molecule has 3 aromatic rings. The number of halogens is 1. The lowest BCUT2D eigenvalue weighted by Crippen LogP contribution is -2.34. The minimum Gasteiger partial charge on any atom is -0.393 e. The SMILES string of the molecule is CC(C)(O)C1CCC(n2c(Nc3ccccc3F)nc3cnc(NC4CCC(O)CC4)nc32)CC1. The molecule has 8 nitrogen and oxygen atoms in total. The van der Waals surface area contributed by atoms with Crippen LogP contribution in [-0.2, 0) is 0 Å². The minimum absolute atomic E-state index is 0.125. The van der Waals surface area contributed by atoms with Gasteiger partial charge in [-0.3, -0.25) is 4.57 Å². The van der Waals surface area contributed by atoms with Gasteiger partial charge in [0.15, 0.2) is 5.65 Å². The highest BCUT2D eigenvalue weighted by Crippen LogP contribution is 2.40. The van der Waals surface area contributed by atoms with Gasteiger partial charge in [-0.2, -0.15) is 4.98 Å². The summed E-state index contributed by atoms with van der Waals surface area (Å²) < 4.78 is 16.5. The summed E-state index contributed by atoms with van der Waals surface area (Å²) in [6, 6.07) is 6.92. The lowest BCUT2D eigenvalue weighted by molar-refractivity contribution is -0.00457. The third kappa shape index (κ3) is 5.26. The van der Waals surface area contributed by atoms with Crippen LogP contribution in [0, 0.1) is 11.7 Å². The molecule has 0 bridgehead atoms. The Hall–Kier alpha value is -2.78. The fourth-order valence-electron chi connectivity index (χ4n) is 5.52. The Bertz CT molecular complexity index is 1160. The van der Waals surface area contributed by atoms with Gasteiger partial charge in [-0.05, 0) is 83.3 Å². The molecule has 5 rings (SSSR count). The second-order valence-corrected chi connectivity index (χ2v) is 10.6. The topological polar surface area (TPSA) is 108 Å². The van der Waals surface area contributed by atoms with Crippen LogP contribution in [0.25, 0.3) is 11.2 Å². The maximum atomic E-state index is 14.5. The van der Waals surface area contributed by atoms with Crippen LogP contribution >= 0.6 is 0 Å². The zero-order valence-corrected chi connectivity index (χ0v) is 20.4. The van der Waals surface area contributed by atoms with E-state index in [2.05, 4.69) is 20.2 Å². The highest BCUT2D eigenvalue weighted by atomic mass is 19.1. The van der Waals surface area contributed by atoms with Crippen molar-refractivity contribution in [3.63, 3.8) is 0 Å². The van der Waals surface area contributed by atoms with Crippen molar-refractivity contribution < 1.29 is 14.6 Å². The quantitative estimate of drug-likeness (QED) is 0.395. The van der Waals surface area contributed by atoms with Gasteiger partial charge in [-0.15, -0.1) is 0 Å². The number of nitrogens with one attached hydrogen (secondary N) is 2. The second kappa shape index (κ2) is 9.70. The number of rotatable bonds is 6. The molecule has 2 fully saturated rings. The van der Waals surface area contributed by atoms with Crippen molar-refractivity contribution >= 4 is 28.7 Å². The minimum atomic E-state index is -0.705. The van der Waals surface area contributed by atoms with Crippen LogP contribution in [0.15, 0.2) is 30.5 Å². The Morgan fingerprint density at radius 2 is 1.71 bits per heavy atom. The highest BCUT2D eigenvalue weighted by molar-refractivity contribution is 5.76. The first-order chi connectivity index (χ1) is 16.8. The van der Waals surface area contributed by atoms with Crippen molar-refractivity contribution in [3.8, 4) is 0 Å². The number of aliphatic hydroxyl groups excluding tert-OH is 1. The molecule has 2 aromatic heterocycles. The maximum absolute atomic E-state index is 14.5. The summed E-state index contributed by atoms with van der Waals surface area (Å²) in [6.07, 6.45) is 8.35. The van der Waals surface area contributed by atoms with Crippen LogP contribution in [0.1, 0.15) is 71.3 Å². The summed E-state index contributed by atoms with van der Waals surface area (Å²) in [5.41, 5.74) is 1.02. The van der Waals surface area contributed by atoms with Gasteiger partial charge in [0.1, 0.15) is 11.3 Å². The van der Waals surface area contributed by atoms with E-state index >= 15 is 0 Å². The predicted molar refractivity (Wildman–Crippen MR) is 134 cm³/mol. The van der Waals surface area contributed by atoms with Crippen molar-refractivity contribution in [2.75, 3.05) is 10.6 Å². The molecule has 2 heterocycles. The smallest absolute Gasteiger partial charge is 0.224 e. The lowest BCUT2D eigenvalue weighted by atomic mass is 9.77. The van der Waals surface area contributed by atoms with Crippen molar-refractivity contribution in [2.45, 2.75) is 89.0 Å². The number of imidazole rings is 1. The Balaban J connectivity index is 1.47. The first-order valence-electron chi connectivity index (χ1n) is 12.7. The van der Waals surface area contributed by atoms with Gasteiger partial charge in [0.2, 0.25) is 11.9 Å². The van der Waals surface area contributed by atoms with Gasteiger partial charge >= 0.3 is 0 Å². The summed E-state index contributed by atoms with van der Waals surface area (Å²) in [6.45, 7) is 3.76. The van der Waals surface area contributed by atoms with E-state index in [1.54, 1.807) is 24.4 Å². The number of nitrogens with zero attached hydrogens (tertiary/aromatic N) is 4. The Labute approximate surface area is 205 Å². The number of fused-ring (bicyclic) bond motifs is 1. The first kappa shape index (κ1) is 23.9. The van der Waals surface area contributed by atoms with Gasteiger partial charge in [0.25, 0.3) is 0 Å². The van der Waals surface area contributed by atoms with Crippen LogP contribution in [0.3, 0.4) is 0 Å². The zero-order chi connectivity index (χ0) is 24.6. The van der Waals surface area contributed by atoms with E-state index in [9.17, 15) is 14.6 Å². The van der Waals surface area contributed by atoms with Crippen molar-refractivity contribution in [3.05, 3.63) is 36.3 Å². The van der Waals surface area contributed by atoms with Crippen molar-refractivity contribution in [1.82, 2.24) is 19.5 Å². The van der Waals surface area contributed by atoms with E-state index in [1.165, 1.54) is 6.07 Å². The molecular formula is C26H35FN6O2. The van der Waals surface area contributed by atoms with Crippen molar-refractivity contribution in [2.24, 2.45) is 5.92 Å². The fraction of sp³-hybridized carbons (Fsp3) is 0.577. The molecule has 1 aromatic carbocycles. The molecule has 2 aliphatic carbocycles. The maximum Gasteiger partial charge on any atom is 0.224 e. The Morgan fingerprint density at radius 1 is 1.00 bits per heavy atom. The predicted octanol–water partition coefficient (Wildman–Crippen LogP) is 4.93. The third-order valence-corrected chi connectivity index (χ3v) is 7.64. The van der Waals surface area contributed by atoms with E-state index in [4.69, 9.17) is 9.97 Å². The van der Waals surface area contributed by atoms with Crippen LogP contribution in [-0.4, -0.2) is 47.5 Å². The van der Waals surface area contributed by atoms with Gasteiger partial charge in [-0.25, -0.2) is 14.4 Å². The van der Waals surface area contributed by atoms with E-state index in [-0.39, 0.29) is 29.9 Å². The molecule has 35 heavy (non-hydrogen) atoms. The average molecular weight is 483 g/mol. The monoisotopic (exact) mass is 482 g/mol. The molecule has 2 saturated carbocycles. The molecular weight excluding hydrogens is 447 g/mol. The fourth-order valence-corrected chi connectivity index (χ4v) is 5.52. The molecule has 4 N–H and O–H groups in total. The van der Waals surface area contributed by atoms with Gasteiger partial charge in [-0.1, -0.05) is 12.1 Å². The summed E-state index contributed by atoms with van der Waals surface area (Å²) in [5, 5.41) is 26.9. The third-order valence-electron chi connectivity index (χ3n) is 7.64. The van der Waals surface area contributed by atoms with Crippen molar-refractivity contribution in [1.29, 1.82) is 0 Å². The second-order valence-electron chi connectivity index (χ2n) is 10.6. The van der Waals surface area contributed by atoms with E-state index in [0.717, 1.165) is 51.4 Å². The average Bonchev–Trinajstić information content (AvgIpc) is 3.19. The summed E-state index contributed by atoms with van der Waals surface area (Å²) in [7, 11) is 0. The van der Waals surface area contributed by atoms with Crippen LogP contribution in [0.2, 0.25) is 0 Å². The summed E-state index contributed by atoms with van der Waals surface area (Å²) in [5.74, 6) is 0.987. The summed E-state index contributed by atoms with van der Waals surface area (Å²) >= 11 is 0. The van der Waals surface area contributed by atoms with E-state index in [1.807, 2.05) is 13.8 Å². The molecule has 9 heteroatoms. The molecule has 0 saturated heterocycles. The molecule has 0 amide bonds. The molecule has 2 aliphatic rings. The van der Waals surface area contributed by atoms with Gasteiger partial charge < -0.3 is 20.8 Å². The largest absolute Gasteiger partial charge is 0.393 e. The van der Waals surface area contributed by atoms with Crippen LogP contribution in [0.5, 0.6) is 0 Å². The van der Waals surface area contributed by atoms with Crippen LogP contribution < -0.4 is 10.6 Å². The molecule has 0 radical (unpaired) electrons. The van der Waals surface area contributed by atoms with Gasteiger partial charge in [0.05, 0.1) is 23.6 Å². The first-order valence-corrected chi connectivity index (χ1v) is 12.7. The standard InChI is InChI=1S/C26H35FN6O2/c1-26(2,35)16-7-11-18(12-8-16)33-23-22(31-25(33)30-21-6-4-3-5-20(21)27)15-28-24(32-23)29-17-9-13-19(34)14-10-17/h3-6,15-19,34-35H,7-14H2,1-2H3,(H,30,31)(H,28,29,32). The van der Waals surface area contributed by atoms with E-state index in [0.29, 0.717) is 28.7 Å². The number of aliphatic hydroxyl groups is 2. The number of hydrogen-bond acceptors (Lipinski definition) is 7. The number of hydrogen-bond donors (Lipinski definition) is 4. The number of benzene rings is 1. The highest BCUT2D eigenvalue weighted by Gasteiger charge is 2.33. The van der Waals surface area contributed by atoms with Gasteiger partial charge in [0, 0.05) is 12.1 Å². The molecule has 0 atom stereocenters. The normalized spacial score (nSPS) is 25.5. The Morgan fingerprint density at radius 3 is 2.40 bits per heavy atom. The summed E-state index contributed by atoms with van der Waals surface area (Å²) in [4.78, 5) is 14.1. The molecule has 188 valence electrons. The molecule has 0 spiro atoms.